The number of carbonyl (C=O) groups excluding carboxylic acids is 1. The predicted molar refractivity (Wildman–Crippen MR) is 107 cm³/mol. The molecule has 2 saturated heterocycles. The van der Waals surface area contributed by atoms with Crippen LogP contribution in [0.3, 0.4) is 0 Å². The van der Waals surface area contributed by atoms with Crippen molar-refractivity contribution in [1.82, 2.24) is 24.5 Å². The van der Waals surface area contributed by atoms with Gasteiger partial charge in [0.15, 0.2) is 0 Å². The Morgan fingerprint density at radius 2 is 1.90 bits per heavy atom. The average Bonchev–Trinajstić information content (AvgIpc) is 3.32. The lowest BCUT2D eigenvalue weighted by atomic mass is 9.86. The van der Waals surface area contributed by atoms with Crippen LogP contribution in [0.5, 0.6) is 0 Å². The monoisotopic (exact) mass is 451 g/mol. The van der Waals surface area contributed by atoms with E-state index in [0.717, 1.165) is 25.7 Å². The van der Waals surface area contributed by atoms with Crippen molar-refractivity contribution in [3.8, 4) is 0 Å². The minimum absolute atomic E-state index is 0.119. The second-order valence-electron chi connectivity index (χ2n) is 7.70. The molecule has 6 nitrogen and oxygen atoms in total. The molecule has 0 spiro atoms. The average molecular weight is 452 g/mol. The molecule has 30 heavy (non-hydrogen) atoms. The van der Waals surface area contributed by atoms with E-state index in [1.54, 1.807) is 18.2 Å². The molecular formula is C20H17Cl2F2N5O. The van der Waals surface area contributed by atoms with E-state index in [1.807, 2.05) is 4.90 Å². The van der Waals surface area contributed by atoms with Crippen LogP contribution in [-0.4, -0.2) is 42.5 Å². The third-order valence-corrected chi connectivity index (χ3v) is 6.86. The molecule has 3 atom stereocenters. The van der Waals surface area contributed by atoms with Crippen LogP contribution in [0.4, 0.5) is 8.78 Å². The first-order valence-corrected chi connectivity index (χ1v) is 10.5. The Morgan fingerprint density at radius 1 is 1.10 bits per heavy atom. The quantitative estimate of drug-likeness (QED) is 0.566. The number of hydrogen-bond donors (Lipinski definition) is 0. The number of halogens is 4. The lowest BCUT2D eigenvalue weighted by molar-refractivity contribution is 0.0554. The van der Waals surface area contributed by atoms with E-state index >= 15 is 0 Å². The van der Waals surface area contributed by atoms with Gasteiger partial charge in [-0.1, -0.05) is 23.2 Å². The molecule has 2 aliphatic heterocycles. The number of alkyl halides is 2. The topological polar surface area (TPSA) is 63.4 Å². The summed E-state index contributed by atoms with van der Waals surface area (Å²) in [5, 5.41) is 4.90. The van der Waals surface area contributed by atoms with Crippen LogP contribution in [0, 0.1) is 0 Å². The molecule has 0 N–H and O–H groups in total. The van der Waals surface area contributed by atoms with Crippen molar-refractivity contribution in [3.05, 3.63) is 57.6 Å². The molecule has 5 rings (SSSR count). The molecule has 4 heterocycles. The van der Waals surface area contributed by atoms with Crippen molar-refractivity contribution in [3.63, 3.8) is 0 Å². The van der Waals surface area contributed by atoms with Crippen LogP contribution in [0.15, 0.2) is 30.6 Å². The summed E-state index contributed by atoms with van der Waals surface area (Å²) in [5.74, 6) is -0.116. The second kappa shape index (κ2) is 7.42. The summed E-state index contributed by atoms with van der Waals surface area (Å²) in [4.78, 5) is 23.1. The standard InChI is InChI=1S/C20H17Cl2F2N5O/c21-13-5-1-10(7-14(13)22)19(30)28-11-2-4-12(16(28)6-3-11)17-8-15(18(23)24)27-20-25-9-26-29(17)20/h1,5,7-9,11-12,16,18H,2-4,6H2/t11-,12-,16-/m0/s1. The number of hydrogen-bond acceptors (Lipinski definition) is 4. The lowest BCUT2D eigenvalue weighted by Crippen LogP contribution is -2.47. The molecule has 2 aromatic heterocycles. The Morgan fingerprint density at radius 3 is 2.67 bits per heavy atom. The van der Waals surface area contributed by atoms with Gasteiger partial charge in [-0.15, -0.1) is 0 Å². The van der Waals surface area contributed by atoms with Gasteiger partial charge < -0.3 is 4.90 Å². The maximum atomic E-state index is 13.4. The smallest absolute Gasteiger partial charge is 0.280 e. The molecule has 10 heteroatoms. The fourth-order valence-electron chi connectivity index (χ4n) is 4.82. The molecule has 2 fully saturated rings. The minimum Gasteiger partial charge on any atom is -0.332 e. The third kappa shape index (κ3) is 3.13. The van der Waals surface area contributed by atoms with E-state index in [9.17, 15) is 13.6 Å². The number of fused-ring (bicyclic) bond motifs is 3. The SMILES string of the molecule is O=C(c1ccc(Cl)c(Cl)c1)N1[C@H]2CC[C@H](c3cc(C(F)F)nc4ncnn34)[C@@H]1CC2. The normalized spacial score (nSPS) is 23.5. The van der Waals surface area contributed by atoms with Crippen LogP contribution in [0.25, 0.3) is 5.78 Å². The first-order chi connectivity index (χ1) is 14.4. The number of aromatic nitrogens is 4. The molecule has 0 radical (unpaired) electrons. The summed E-state index contributed by atoms with van der Waals surface area (Å²) in [6.45, 7) is 0. The summed E-state index contributed by atoms with van der Waals surface area (Å²) in [7, 11) is 0. The van der Waals surface area contributed by atoms with Gasteiger partial charge >= 0.3 is 0 Å². The van der Waals surface area contributed by atoms with Gasteiger partial charge in [-0.25, -0.2) is 18.3 Å². The number of amides is 1. The zero-order valence-corrected chi connectivity index (χ0v) is 17.2. The van der Waals surface area contributed by atoms with Crippen molar-refractivity contribution in [2.45, 2.75) is 50.1 Å². The van der Waals surface area contributed by atoms with Gasteiger partial charge in [-0.3, -0.25) is 4.79 Å². The van der Waals surface area contributed by atoms with Gasteiger partial charge in [0.25, 0.3) is 18.1 Å². The van der Waals surface area contributed by atoms with Crippen molar-refractivity contribution in [1.29, 1.82) is 0 Å². The number of benzene rings is 1. The van der Waals surface area contributed by atoms with Gasteiger partial charge in [0.05, 0.1) is 15.7 Å². The first-order valence-electron chi connectivity index (χ1n) is 9.70. The van der Waals surface area contributed by atoms with Gasteiger partial charge in [0, 0.05) is 23.6 Å². The Bertz CT molecular complexity index is 1140. The maximum Gasteiger partial charge on any atom is 0.280 e. The lowest BCUT2D eigenvalue weighted by Gasteiger charge is -2.40. The molecule has 3 aromatic rings. The molecule has 156 valence electrons. The first kappa shape index (κ1) is 19.6. The highest BCUT2D eigenvalue weighted by Gasteiger charge is 2.46. The highest BCUT2D eigenvalue weighted by Crippen LogP contribution is 2.45. The summed E-state index contributed by atoms with van der Waals surface area (Å²) < 4.78 is 28.4. The summed E-state index contributed by atoms with van der Waals surface area (Å²) >= 11 is 12.1. The molecule has 2 bridgehead atoms. The van der Waals surface area contributed by atoms with E-state index in [2.05, 4.69) is 15.1 Å². The van der Waals surface area contributed by atoms with Gasteiger partial charge in [-0.2, -0.15) is 10.1 Å². The fourth-order valence-corrected chi connectivity index (χ4v) is 5.12. The Kier molecular flexibility index (Phi) is 4.86. The molecule has 2 aliphatic rings. The molecule has 1 aromatic carbocycles. The van der Waals surface area contributed by atoms with Crippen molar-refractivity contribution >= 4 is 34.9 Å². The molecule has 1 amide bonds. The fraction of sp³-hybridized carbons (Fsp3) is 0.400. The Balaban J connectivity index is 1.54. The van der Waals surface area contributed by atoms with Gasteiger partial charge in [0.2, 0.25) is 0 Å². The number of piperidine rings is 1. The number of nitrogens with zero attached hydrogens (tertiary/aromatic N) is 5. The van der Waals surface area contributed by atoms with Crippen molar-refractivity contribution in [2.75, 3.05) is 0 Å². The van der Waals surface area contributed by atoms with Gasteiger partial charge in [0.1, 0.15) is 12.0 Å². The summed E-state index contributed by atoms with van der Waals surface area (Å²) in [5.41, 5.74) is 0.758. The Labute approximate surface area is 180 Å². The molecule has 0 unspecified atom stereocenters. The van der Waals surface area contributed by atoms with Gasteiger partial charge in [-0.05, 0) is 49.9 Å². The molecule has 0 aliphatic carbocycles. The summed E-state index contributed by atoms with van der Waals surface area (Å²) in [6, 6.07) is 6.25. The van der Waals surface area contributed by atoms with Crippen LogP contribution < -0.4 is 0 Å². The summed E-state index contributed by atoms with van der Waals surface area (Å²) in [6.07, 6.45) is 1.84. The third-order valence-electron chi connectivity index (χ3n) is 6.13. The highest BCUT2D eigenvalue weighted by molar-refractivity contribution is 6.42. The predicted octanol–water partition coefficient (Wildman–Crippen LogP) is 4.92. The van der Waals surface area contributed by atoms with E-state index < -0.39 is 6.43 Å². The van der Waals surface area contributed by atoms with Crippen LogP contribution in [0.1, 0.15) is 59.8 Å². The number of rotatable bonds is 3. The molecule has 0 saturated carbocycles. The van der Waals surface area contributed by atoms with E-state index in [-0.39, 0.29) is 35.4 Å². The Hall–Kier alpha value is -2.32. The highest BCUT2D eigenvalue weighted by atomic mass is 35.5. The second-order valence-corrected chi connectivity index (χ2v) is 8.52. The van der Waals surface area contributed by atoms with Crippen molar-refractivity contribution in [2.24, 2.45) is 0 Å². The van der Waals surface area contributed by atoms with Crippen molar-refractivity contribution < 1.29 is 13.6 Å². The maximum absolute atomic E-state index is 13.4. The van der Waals surface area contributed by atoms with Crippen LogP contribution in [0.2, 0.25) is 10.0 Å². The van der Waals surface area contributed by atoms with E-state index in [0.29, 0.717) is 21.3 Å². The zero-order valence-electron chi connectivity index (χ0n) is 15.7. The van der Waals surface area contributed by atoms with Crippen LogP contribution >= 0.6 is 23.2 Å². The molecular weight excluding hydrogens is 435 g/mol. The van der Waals surface area contributed by atoms with Crippen LogP contribution in [-0.2, 0) is 0 Å². The van der Waals surface area contributed by atoms with E-state index in [1.165, 1.54) is 16.9 Å². The van der Waals surface area contributed by atoms with E-state index in [4.69, 9.17) is 23.2 Å². The largest absolute Gasteiger partial charge is 0.332 e. The zero-order chi connectivity index (χ0) is 21.0. The number of carbonyl (C=O) groups is 1. The minimum atomic E-state index is -2.71.